The van der Waals surface area contributed by atoms with Gasteiger partial charge in [0.05, 0.1) is 28.0 Å². The number of nitrogens with zero attached hydrogens (tertiary/aromatic N) is 2. The first kappa shape index (κ1) is 28.0. The highest BCUT2D eigenvalue weighted by Gasteiger charge is 2.46. The van der Waals surface area contributed by atoms with Gasteiger partial charge in [-0.3, -0.25) is 0 Å². The molecule has 0 bridgehead atoms. The van der Waals surface area contributed by atoms with Crippen LogP contribution in [0.2, 0.25) is 0 Å². The van der Waals surface area contributed by atoms with Crippen molar-refractivity contribution in [1.82, 2.24) is 4.98 Å². The monoisotopic (exact) mass is 612 g/mol. The van der Waals surface area contributed by atoms with Crippen LogP contribution in [0, 0.1) is 0 Å². The van der Waals surface area contributed by atoms with Crippen LogP contribution >= 0.6 is 0 Å². The maximum absolute atomic E-state index is 5.19. The van der Waals surface area contributed by atoms with Gasteiger partial charge >= 0.3 is 0 Å². The van der Waals surface area contributed by atoms with Crippen LogP contribution in [0.5, 0.6) is 0 Å². The summed E-state index contributed by atoms with van der Waals surface area (Å²) >= 11 is 0. The Kier molecular flexibility index (Phi) is 6.72. The van der Waals surface area contributed by atoms with E-state index in [-0.39, 0.29) is 0 Å². The van der Waals surface area contributed by atoms with Crippen LogP contribution in [-0.2, 0) is 5.41 Å². The van der Waals surface area contributed by atoms with Crippen molar-refractivity contribution in [2.24, 2.45) is 0 Å². The Labute approximate surface area is 281 Å². The zero-order valence-corrected chi connectivity index (χ0v) is 26.4. The van der Waals surface area contributed by atoms with Gasteiger partial charge in [0, 0.05) is 16.6 Å². The molecule has 0 aliphatic carbocycles. The Morgan fingerprint density at radius 2 is 0.896 bits per heavy atom. The molecular weight excluding hydrogens is 581 g/mol. The molecule has 0 unspecified atom stereocenters. The lowest BCUT2D eigenvalue weighted by atomic mass is 9.62. The van der Waals surface area contributed by atoms with E-state index in [0.29, 0.717) is 0 Å². The van der Waals surface area contributed by atoms with Crippen LogP contribution in [0.4, 0.5) is 17.1 Å². The number of pyridine rings is 1. The largest absolute Gasteiger partial charge is 0.310 e. The van der Waals surface area contributed by atoms with E-state index in [0.717, 1.165) is 27.8 Å². The van der Waals surface area contributed by atoms with E-state index in [1.165, 1.54) is 44.8 Å². The first-order valence-corrected chi connectivity index (χ1v) is 16.5. The molecule has 0 spiro atoms. The van der Waals surface area contributed by atoms with Gasteiger partial charge in [0.25, 0.3) is 0 Å². The molecule has 226 valence electrons. The van der Waals surface area contributed by atoms with Gasteiger partial charge in [-0.05, 0) is 69.8 Å². The third kappa shape index (κ3) is 4.38. The van der Waals surface area contributed by atoms with Gasteiger partial charge < -0.3 is 4.90 Å². The zero-order valence-electron chi connectivity index (χ0n) is 26.4. The van der Waals surface area contributed by atoms with Crippen molar-refractivity contribution in [3.8, 4) is 22.4 Å². The molecule has 9 rings (SSSR count). The highest BCUT2D eigenvalue weighted by Crippen LogP contribution is 2.57. The SMILES string of the molecule is c1ccc(-c2cc(-c3ccccc3)c3cc(N4c5ccccc5C(c5ccccc5)(c5ccccc5)c5ccccc54)ccc3n2)cc1. The number of rotatable bonds is 5. The maximum atomic E-state index is 5.19. The van der Waals surface area contributed by atoms with Gasteiger partial charge in [0.15, 0.2) is 0 Å². The van der Waals surface area contributed by atoms with Crippen LogP contribution in [0.1, 0.15) is 22.3 Å². The highest BCUT2D eigenvalue weighted by molar-refractivity contribution is 6.00. The number of hydrogen-bond donors (Lipinski definition) is 0. The van der Waals surface area contributed by atoms with E-state index < -0.39 is 5.41 Å². The minimum Gasteiger partial charge on any atom is -0.310 e. The van der Waals surface area contributed by atoms with Gasteiger partial charge in [-0.1, -0.05) is 158 Å². The van der Waals surface area contributed by atoms with Crippen LogP contribution < -0.4 is 4.90 Å². The second kappa shape index (κ2) is 11.5. The molecule has 1 aromatic heterocycles. The Hall–Kier alpha value is -6.25. The summed E-state index contributed by atoms with van der Waals surface area (Å²) in [6, 6.07) is 69.8. The molecular formula is C46H32N2. The van der Waals surface area contributed by atoms with E-state index in [9.17, 15) is 0 Å². The molecule has 48 heavy (non-hydrogen) atoms. The lowest BCUT2D eigenvalue weighted by Gasteiger charge is -2.46. The van der Waals surface area contributed by atoms with Crippen molar-refractivity contribution < 1.29 is 0 Å². The molecule has 1 aliphatic heterocycles. The van der Waals surface area contributed by atoms with Crippen LogP contribution in [-0.4, -0.2) is 4.98 Å². The zero-order chi connectivity index (χ0) is 31.9. The lowest BCUT2D eigenvalue weighted by molar-refractivity contribution is 0.731. The van der Waals surface area contributed by atoms with Crippen molar-refractivity contribution in [3.05, 3.63) is 216 Å². The summed E-state index contributed by atoms with van der Waals surface area (Å²) in [5.74, 6) is 0. The molecule has 0 fully saturated rings. The Bertz CT molecular complexity index is 2290. The molecule has 2 heterocycles. The van der Waals surface area contributed by atoms with Crippen molar-refractivity contribution >= 4 is 28.0 Å². The third-order valence-corrected chi connectivity index (χ3v) is 9.72. The van der Waals surface area contributed by atoms with Crippen LogP contribution in [0.25, 0.3) is 33.3 Å². The number of para-hydroxylation sites is 2. The molecule has 2 heteroatoms. The predicted molar refractivity (Wildman–Crippen MR) is 199 cm³/mol. The Morgan fingerprint density at radius 3 is 1.46 bits per heavy atom. The van der Waals surface area contributed by atoms with Gasteiger partial charge in [-0.25, -0.2) is 4.98 Å². The topological polar surface area (TPSA) is 16.1 Å². The molecule has 0 N–H and O–H groups in total. The van der Waals surface area contributed by atoms with Gasteiger partial charge in [-0.2, -0.15) is 0 Å². The maximum Gasteiger partial charge on any atom is 0.0742 e. The molecule has 8 aromatic rings. The first-order chi connectivity index (χ1) is 23.8. The van der Waals surface area contributed by atoms with E-state index in [4.69, 9.17) is 4.98 Å². The molecule has 0 saturated carbocycles. The summed E-state index contributed by atoms with van der Waals surface area (Å²) in [6.45, 7) is 0. The molecule has 0 saturated heterocycles. The lowest BCUT2D eigenvalue weighted by Crippen LogP contribution is -2.37. The average molecular weight is 613 g/mol. The van der Waals surface area contributed by atoms with Crippen molar-refractivity contribution in [2.45, 2.75) is 5.41 Å². The van der Waals surface area contributed by atoms with Crippen molar-refractivity contribution in [3.63, 3.8) is 0 Å². The molecule has 7 aromatic carbocycles. The number of anilines is 3. The summed E-state index contributed by atoms with van der Waals surface area (Å²) < 4.78 is 0. The van der Waals surface area contributed by atoms with Crippen LogP contribution in [0.15, 0.2) is 194 Å². The minimum atomic E-state index is -0.496. The molecule has 0 radical (unpaired) electrons. The smallest absolute Gasteiger partial charge is 0.0742 e. The van der Waals surface area contributed by atoms with Crippen LogP contribution in [0.3, 0.4) is 0 Å². The molecule has 2 nitrogen and oxygen atoms in total. The molecule has 0 amide bonds. The normalized spacial score (nSPS) is 13.1. The van der Waals surface area contributed by atoms with Gasteiger partial charge in [-0.15, -0.1) is 0 Å². The average Bonchev–Trinajstić information content (AvgIpc) is 3.18. The Balaban J connectivity index is 1.32. The summed E-state index contributed by atoms with van der Waals surface area (Å²) in [7, 11) is 0. The summed E-state index contributed by atoms with van der Waals surface area (Å²) in [4.78, 5) is 7.63. The quantitative estimate of drug-likeness (QED) is 0.192. The third-order valence-electron chi connectivity index (χ3n) is 9.72. The number of aromatic nitrogens is 1. The fraction of sp³-hybridized carbons (Fsp3) is 0.0217. The van der Waals surface area contributed by atoms with E-state index in [2.05, 4.69) is 193 Å². The minimum absolute atomic E-state index is 0.496. The second-order valence-corrected chi connectivity index (χ2v) is 12.3. The Morgan fingerprint density at radius 1 is 0.417 bits per heavy atom. The second-order valence-electron chi connectivity index (χ2n) is 12.3. The van der Waals surface area contributed by atoms with E-state index in [1.807, 2.05) is 6.07 Å². The summed E-state index contributed by atoms with van der Waals surface area (Å²) in [5, 5.41) is 1.12. The van der Waals surface area contributed by atoms with Gasteiger partial charge in [0.1, 0.15) is 0 Å². The van der Waals surface area contributed by atoms with Gasteiger partial charge in [0.2, 0.25) is 0 Å². The number of hydrogen-bond acceptors (Lipinski definition) is 2. The van der Waals surface area contributed by atoms with E-state index >= 15 is 0 Å². The van der Waals surface area contributed by atoms with Crippen molar-refractivity contribution in [1.29, 1.82) is 0 Å². The fourth-order valence-corrected chi connectivity index (χ4v) is 7.66. The van der Waals surface area contributed by atoms with Crippen molar-refractivity contribution in [2.75, 3.05) is 4.90 Å². The van der Waals surface area contributed by atoms with E-state index in [1.54, 1.807) is 0 Å². The molecule has 1 aliphatic rings. The number of benzene rings is 7. The summed E-state index contributed by atoms with van der Waals surface area (Å²) in [5.41, 5.74) is 13.3. The predicted octanol–water partition coefficient (Wildman–Crippen LogP) is 11.7. The highest BCUT2D eigenvalue weighted by atomic mass is 15.2. The first-order valence-electron chi connectivity index (χ1n) is 16.5. The fourth-order valence-electron chi connectivity index (χ4n) is 7.66. The summed E-state index contributed by atoms with van der Waals surface area (Å²) in [6.07, 6.45) is 0. The molecule has 0 atom stereocenters. The number of fused-ring (bicyclic) bond motifs is 3. The standard InChI is InChI=1S/C46H32N2/c1-5-17-33(18-6-1)38-32-43(34-19-7-2-8-20-34)47-42-30-29-37(31-39(38)42)48-44-27-15-13-25-40(44)46(35-21-9-3-10-22-35,36-23-11-4-12-24-36)41-26-14-16-28-45(41)48/h1-32H.